The van der Waals surface area contributed by atoms with Crippen LogP contribution >= 0.6 is 15.9 Å². The van der Waals surface area contributed by atoms with Crippen molar-refractivity contribution in [2.24, 2.45) is 11.7 Å². The minimum absolute atomic E-state index is 0.473. The monoisotopic (exact) mass is 295 g/mol. The highest BCUT2D eigenvalue weighted by molar-refractivity contribution is 9.10. The van der Waals surface area contributed by atoms with E-state index in [0.717, 1.165) is 28.8 Å². The molecule has 0 fully saturated rings. The van der Waals surface area contributed by atoms with E-state index in [2.05, 4.69) is 52.5 Å². The van der Waals surface area contributed by atoms with E-state index in [9.17, 15) is 0 Å². The van der Waals surface area contributed by atoms with Crippen LogP contribution in [0.2, 0.25) is 0 Å². The molecule has 1 heterocycles. The van der Waals surface area contributed by atoms with Crippen molar-refractivity contribution in [2.45, 2.75) is 26.8 Å². The summed E-state index contributed by atoms with van der Waals surface area (Å²) in [6.07, 6.45) is 0.941. The summed E-state index contributed by atoms with van der Waals surface area (Å²) in [5.74, 6) is 1.61. The first-order valence-corrected chi connectivity index (χ1v) is 6.79. The Kier molecular flexibility index (Phi) is 3.84. The molecular weight excluding hydrogens is 278 g/mol. The van der Waals surface area contributed by atoms with Gasteiger partial charge in [-0.2, -0.15) is 0 Å². The van der Waals surface area contributed by atoms with Gasteiger partial charge in [-0.3, -0.25) is 0 Å². The van der Waals surface area contributed by atoms with E-state index in [1.165, 1.54) is 5.52 Å². The van der Waals surface area contributed by atoms with Gasteiger partial charge in [-0.25, -0.2) is 4.98 Å². The first-order valence-electron chi connectivity index (χ1n) is 6.00. The maximum absolute atomic E-state index is 5.69. The molecule has 0 aliphatic heterocycles. The second-order valence-corrected chi connectivity index (χ2v) is 5.37. The maximum Gasteiger partial charge on any atom is 0.110 e. The van der Waals surface area contributed by atoms with Crippen molar-refractivity contribution in [1.82, 2.24) is 9.55 Å². The summed E-state index contributed by atoms with van der Waals surface area (Å²) in [4.78, 5) is 4.71. The van der Waals surface area contributed by atoms with E-state index in [1.54, 1.807) is 0 Å². The predicted molar refractivity (Wildman–Crippen MR) is 75.0 cm³/mol. The summed E-state index contributed by atoms with van der Waals surface area (Å²) in [7, 11) is 0. The molecule has 0 spiro atoms. The zero-order chi connectivity index (χ0) is 12.4. The first kappa shape index (κ1) is 12.6. The van der Waals surface area contributed by atoms with Gasteiger partial charge in [-0.05, 0) is 37.6 Å². The third kappa shape index (κ3) is 2.53. The van der Waals surface area contributed by atoms with Crippen LogP contribution < -0.4 is 5.73 Å². The minimum Gasteiger partial charge on any atom is -0.330 e. The summed E-state index contributed by atoms with van der Waals surface area (Å²) in [5.41, 5.74) is 7.94. The standard InChI is InChI=1S/C13H18BrN3/c1-3-17-12-5-4-10(14)7-11(12)16-13(17)6-9(2)8-15/h4-5,7,9H,3,6,8,15H2,1-2H3. The van der Waals surface area contributed by atoms with Crippen molar-refractivity contribution in [3.05, 3.63) is 28.5 Å². The molecule has 0 bridgehead atoms. The molecule has 3 nitrogen and oxygen atoms in total. The Morgan fingerprint density at radius 1 is 1.47 bits per heavy atom. The number of benzene rings is 1. The van der Waals surface area contributed by atoms with Crippen molar-refractivity contribution in [1.29, 1.82) is 0 Å². The van der Waals surface area contributed by atoms with Gasteiger partial charge in [0.15, 0.2) is 0 Å². The molecule has 1 aromatic heterocycles. The van der Waals surface area contributed by atoms with E-state index in [0.29, 0.717) is 12.5 Å². The molecule has 4 heteroatoms. The third-order valence-corrected chi connectivity index (χ3v) is 3.53. The van der Waals surface area contributed by atoms with E-state index in [1.807, 2.05) is 0 Å². The average molecular weight is 296 g/mol. The lowest BCUT2D eigenvalue weighted by atomic mass is 10.1. The fourth-order valence-corrected chi connectivity index (χ4v) is 2.41. The summed E-state index contributed by atoms with van der Waals surface area (Å²) in [6, 6.07) is 6.25. The number of aromatic nitrogens is 2. The molecule has 2 N–H and O–H groups in total. The highest BCUT2D eigenvalue weighted by Crippen LogP contribution is 2.22. The lowest BCUT2D eigenvalue weighted by Crippen LogP contribution is -2.15. The normalized spacial score (nSPS) is 13.2. The van der Waals surface area contributed by atoms with Gasteiger partial charge in [0.25, 0.3) is 0 Å². The minimum atomic E-state index is 0.473. The van der Waals surface area contributed by atoms with E-state index < -0.39 is 0 Å². The molecular formula is C13H18BrN3. The lowest BCUT2D eigenvalue weighted by Gasteiger charge is -2.09. The summed E-state index contributed by atoms with van der Waals surface area (Å²) >= 11 is 3.48. The quantitative estimate of drug-likeness (QED) is 0.942. The number of fused-ring (bicyclic) bond motifs is 1. The van der Waals surface area contributed by atoms with Gasteiger partial charge in [0, 0.05) is 17.4 Å². The number of imidazole rings is 1. The molecule has 92 valence electrons. The Morgan fingerprint density at radius 2 is 2.24 bits per heavy atom. The molecule has 0 saturated heterocycles. The van der Waals surface area contributed by atoms with Gasteiger partial charge in [0.2, 0.25) is 0 Å². The molecule has 1 atom stereocenters. The third-order valence-electron chi connectivity index (χ3n) is 3.04. The van der Waals surface area contributed by atoms with Crippen LogP contribution in [0.4, 0.5) is 0 Å². The second-order valence-electron chi connectivity index (χ2n) is 4.45. The molecule has 1 aromatic carbocycles. The van der Waals surface area contributed by atoms with Crippen LogP contribution in [-0.2, 0) is 13.0 Å². The van der Waals surface area contributed by atoms with Crippen molar-refractivity contribution >= 4 is 27.0 Å². The fraction of sp³-hybridized carbons (Fsp3) is 0.462. The van der Waals surface area contributed by atoms with Gasteiger partial charge >= 0.3 is 0 Å². The van der Waals surface area contributed by atoms with Crippen LogP contribution in [0, 0.1) is 5.92 Å². The molecule has 0 aliphatic rings. The molecule has 2 rings (SSSR count). The SMILES string of the molecule is CCn1c(CC(C)CN)nc2cc(Br)ccc21. The van der Waals surface area contributed by atoms with Gasteiger partial charge in [-0.15, -0.1) is 0 Å². The lowest BCUT2D eigenvalue weighted by molar-refractivity contribution is 0.553. The van der Waals surface area contributed by atoms with Crippen LogP contribution in [0.1, 0.15) is 19.7 Å². The van der Waals surface area contributed by atoms with Crippen molar-refractivity contribution < 1.29 is 0 Å². The molecule has 0 amide bonds. The molecule has 2 aromatic rings. The van der Waals surface area contributed by atoms with E-state index in [4.69, 9.17) is 10.7 Å². The fourth-order valence-electron chi connectivity index (χ4n) is 2.06. The zero-order valence-corrected chi connectivity index (χ0v) is 11.9. The van der Waals surface area contributed by atoms with E-state index in [-0.39, 0.29) is 0 Å². The number of nitrogens with two attached hydrogens (primary N) is 1. The summed E-state index contributed by atoms with van der Waals surface area (Å²) in [6.45, 7) is 5.97. The molecule has 0 radical (unpaired) electrons. The zero-order valence-electron chi connectivity index (χ0n) is 10.3. The van der Waals surface area contributed by atoms with Crippen LogP contribution in [0.25, 0.3) is 11.0 Å². The van der Waals surface area contributed by atoms with E-state index >= 15 is 0 Å². The van der Waals surface area contributed by atoms with Gasteiger partial charge in [0.1, 0.15) is 5.82 Å². The van der Waals surface area contributed by atoms with Crippen LogP contribution in [0.15, 0.2) is 22.7 Å². The highest BCUT2D eigenvalue weighted by atomic mass is 79.9. The number of hydrogen-bond donors (Lipinski definition) is 1. The number of nitrogens with zero attached hydrogens (tertiary/aromatic N) is 2. The number of rotatable bonds is 4. The maximum atomic E-state index is 5.69. The molecule has 0 aliphatic carbocycles. The second kappa shape index (κ2) is 5.19. The Labute approximate surface area is 110 Å². The summed E-state index contributed by atoms with van der Waals surface area (Å²) < 4.78 is 3.35. The number of aryl methyl sites for hydroxylation is 1. The highest BCUT2D eigenvalue weighted by Gasteiger charge is 2.12. The van der Waals surface area contributed by atoms with Crippen LogP contribution in [0.3, 0.4) is 0 Å². The molecule has 0 saturated carbocycles. The first-order chi connectivity index (χ1) is 8.15. The Hall–Kier alpha value is -0.870. The Morgan fingerprint density at radius 3 is 2.88 bits per heavy atom. The van der Waals surface area contributed by atoms with Gasteiger partial charge < -0.3 is 10.3 Å². The molecule has 17 heavy (non-hydrogen) atoms. The van der Waals surface area contributed by atoms with Crippen LogP contribution in [-0.4, -0.2) is 16.1 Å². The van der Waals surface area contributed by atoms with Crippen LogP contribution in [0.5, 0.6) is 0 Å². The predicted octanol–water partition coefficient (Wildman–Crippen LogP) is 2.96. The summed E-state index contributed by atoms with van der Waals surface area (Å²) in [5, 5.41) is 0. The number of hydrogen-bond acceptors (Lipinski definition) is 2. The van der Waals surface area contributed by atoms with Gasteiger partial charge in [0.05, 0.1) is 11.0 Å². The largest absolute Gasteiger partial charge is 0.330 e. The number of halogens is 1. The Balaban J connectivity index is 2.48. The Bertz CT molecular complexity index is 519. The smallest absolute Gasteiger partial charge is 0.110 e. The van der Waals surface area contributed by atoms with Crippen molar-refractivity contribution in [2.75, 3.05) is 6.54 Å². The van der Waals surface area contributed by atoms with Gasteiger partial charge in [-0.1, -0.05) is 22.9 Å². The topological polar surface area (TPSA) is 43.8 Å². The molecule has 1 unspecified atom stereocenters. The average Bonchev–Trinajstić information content (AvgIpc) is 2.64. The van der Waals surface area contributed by atoms with Crippen molar-refractivity contribution in [3.63, 3.8) is 0 Å². The van der Waals surface area contributed by atoms with Crippen molar-refractivity contribution in [3.8, 4) is 0 Å².